The van der Waals surface area contributed by atoms with E-state index < -0.39 is 41.8 Å². The van der Waals surface area contributed by atoms with Crippen LogP contribution in [-0.4, -0.2) is 19.3 Å². The minimum absolute atomic E-state index is 0.0940. The Morgan fingerprint density at radius 1 is 0.955 bits per heavy atom. The molecule has 126 valence electrons. The molecular formula is C12H11F8NO. The highest BCUT2D eigenvalue weighted by Crippen LogP contribution is 2.37. The Morgan fingerprint density at radius 3 is 1.73 bits per heavy atom. The van der Waals surface area contributed by atoms with E-state index in [9.17, 15) is 35.1 Å². The zero-order valence-electron chi connectivity index (χ0n) is 11.0. The van der Waals surface area contributed by atoms with E-state index in [2.05, 4.69) is 4.74 Å². The average molecular weight is 337 g/mol. The van der Waals surface area contributed by atoms with Crippen LogP contribution in [0, 0.1) is 0 Å². The van der Waals surface area contributed by atoms with E-state index in [-0.39, 0.29) is 12.7 Å². The van der Waals surface area contributed by atoms with Gasteiger partial charge in [0.1, 0.15) is 0 Å². The van der Waals surface area contributed by atoms with Crippen LogP contribution in [0.1, 0.15) is 18.1 Å². The van der Waals surface area contributed by atoms with E-state index in [1.54, 1.807) is 0 Å². The largest absolute Gasteiger partial charge is 0.416 e. The van der Waals surface area contributed by atoms with Crippen molar-refractivity contribution in [3.63, 3.8) is 0 Å². The zero-order valence-corrected chi connectivity index (χ0v) is 11.0. The second-order valence-corrected chi connectivity index (χ2v) is 4.15. The van der Waals surface area contributed by atoms with E-state index in [1.807, 2.05) is 5.32 Å². The van der Waals surface area contributed by atoms with Crippen LogP contribution in [0.3, 0.4) is 0 Å². The first-order valence-corrected chi connectivity index (χ1v) is 5.91. The molecule has 1 N–H and O–H groups in total. The van der Waals surface area contributed by atoms with Gasteiger partial charge in [-0.3, -0.25) is 0 Å². The number of ether oxygens (including phenoxy) is 1. The van der Waals surface area contributed by atoms with Crippen molar-refractivity contribution < 1.29 is 39.9 Å². The van der Waals surface area contributed by atoms with Gasteiger partial charge in [-0.05, 0) is 25.1 Å². The highest BCUT2D eigenvalue weighted by atomic mass is 19.4. The molecule has 0 bridgehead atoms. The van der Waals surface area contributed by atoms with Gasteiger partial charge < -0.3 is 10.1 Å². The summed E-state index contributed by atoms with van der Waals surface area (Å²) in [6.45, 7) is 1.15. The quantitative estimate of drug-likeness (QED) is 0.618. The van der Waals surface area contributed by atoms with E-state index in [4.69, 9.17) is 0 Å². The molecule has 0 fully saturated rings. The number of hydrogen-bond donors (Lipinski definition) is 1. The van der Waals surface area contributed by atoms with Crippen LogP contribution in [0.4, 0.5) is 40.8 Å². The smallest absolute Gasteiger partial charge is 0.355 e. The summed E-state index contributed by atoms with van der Waals surface area (Å²) in [5.41, 5.74) is -3.97. The predicted molar refractivity (Wildman–Crippen MR) is 61.5 cm³/mol. The van der Waals surface area contributed by atoms with Crippen LogP contribution < -0.4 is 5.32 Å². The van der Waals surface area contributed by atoms with Gasteiger partial charge in [0.2, 0.25) is 0 Å². The Morgan fingerprint density at radius 2 is 1.41 bits per heavy atom. The Balaban J connectivity index is 3.23. The molecule has 0 aliphatic heterocycles. The standard InChI is InChI=1S/C12H11F8NO/c1-2-22-10(9(13)14)21-8-4-6(11(15,16)17)3-7(5-8)12(18,19)20/h3-5,9-10,21H,2H2,1H3. The molecular weight excluding hydrogens is 326 g/mol. The number of halogens is 8. The molecule has 1 atom stereocenters. The van der Waals surface area contributed by atoms with Crippen LogP contribution in [0.5, 0.6) is 0 Å². The lowest BCUT2D eigenvalue weighted by Gasteiger charge is -2.21. The molecule has 0 saturated heterocycles. The molecule has 1 aromatic carbocycles. The lowest BCUT2D eigenvalue weighted by molar-refractivity contribution is -0.143. The maximum atomic E-state index is 12.6. The highest BCUT2D eigenvalue weighted by molar-refractivity contribution is 5.51. The first kappa shape index (κ1) is 18.5. The van der Waals surface area contributed by atoms with Crippen LogP contribution in [0.2, 0.25) is 0 Å². The van der Waals surface area contributed by atoms with Crippen molar-refractivity contribution in [2.45, 2.75) is 31.9 Å². The molecule has 0 aromatic heterocycles. The molecule has 1 rings (SSSR count). The summed E-state index contributed by atoms with van der Waals surface area (Å²) in [7, 11) is 0. The molecule has 0 aliphatic rings. The molecule has 1 unspecified atom stereocenters. The van der Waals surface area contributed by atoms with Gasteiger partial charge in [0.15, 0.2) is 6.23 Å². The average Bonchev–Trinajstić information content (AvgIpc) is 2.35. The van der Waals surface area contributed by atoms with Gasteiger partial charge in [-0.2, -0.15) is 26.3 Å². The van der Waals surface area contributed by atoms with Crippen molar-refractivity contribution in [3.8, 4) is 0 Å². The molecule has 1 aromatic rings. The third kappa shape index (κ3) is 5.00. The number of hydrogen-bond acceptors (Lipinski definition) is 2. The summed E-state index contributed by atoms with van der Waals surface area (Å²) in [5.74, 6) is 0. The minimum atomic E-state index is -5.05. The Hall–Kier alpha value is -1.58. The van der Waals surface area contributed by atoms with Crippen LogP contribution in [0.25, 0.3) is 0 Å². The van der Waals surface area contributed by atoms with Gasteiger partial charge in [0.25, 0.3) is 6.43 Å². The number of rotatable bonds is 5. The Kier molecular flexibility index (Phi) is 5.60. The van der Waals surface area contributed by atoms with Gasteiger partial charge in [-0.1, -0.05) is 0 Å². The van der Waals surface area contributed by atoms with Gasteiger partial charge in [0, 0.05) is 12.3 Å². The molecule has 0 saturated carbocycles. The van der Waals surface area contributed by atoms with E-state index in [0.29, 0.717) is 12.1 Å². The van der Waals surface area contributed by atoms with Crippen LogP contribution in [-0.2, 0) is 17.1 Å². The topological polar surface area (TPSA) is 21.3 Å². The fourth-order valence-corrected chi connectivity index (χ4v) is 1.56. The zero-order chi connectivity index (χ0) is 17.1. The van der Waals surface area contributed by atoms with Crippen molar-refractivity contribution in [2.24, 2.45) is 0 Å². The summed E-state index contributed by atoms with van der Waals surface area (Å²) in [6, 6.07) is 0.524. The van der Waals surface area contributed by atoms with Crippen molar-refractivity contribution in [1.29, 1.82) is 0 Å². The highest BCUT2D eigenvalue weighted by Gasteiger charge is 2.37. The van der Waals surface area contributed by atoms with E-state index in [0.717, 1.165) is 0 Å². The second-order valence-electron chi connectivity index (χ2n) is 4.15. The third-order valence-corrected chi connectivity index (χ3v) is 2.47. The molecule has 0 heterocycles. The Bertz CT molecular complexity index is 465. The maximum absolute atomic E-state index is 12.6. The maximum Gasteiger partial charge on any atom is 0.416 e. The predicted octanol–water partition coefficient (Wildman–Crippen LogP) is 4.76. The normalized spacial score (nSPS) is 14.3. The van der Waals surface area contributed by atoms with Crippen molar-refractivity contribution >= 4 is 5.69 Å². The summed E-state index contributed by atoms with van der Waals surface area (Å²) in [5, 5.41) is 1.83. The first-order chi connectivity index (χ1) is 9.95. The van der Waals surface area contributed by atoms with Crippen LogP contribution >= 0.6 is 0 Å². The molecule has 2 nitrogen and oxygen atoms in total. The lowest BCUT2D eigenvalue weighted by Crippen LogP contribution is -2.31. The third-order valence-electron chi connectivity index (χ3n) is 2.47. The van der Waals surface area contributed by atoms with Gasteiger partial charge in [0.05, 0.1) is 11.1 Å². The minimum Gasteiger partial charge on any atom is -0.355 e. The molecule has 22 heavy (non-hydrogen) atoms. The lowest BCUT2D eigenvalue weighted by atomic mass is 10.1. The summed E-state index contributed by atoms with van der Waals surface area (Å²) in [4.78, 5) is 0. The van der Waals surface area contributed by atoms with E-state index >= 15 is 0 Å². The summed E-state index contributed by atoms with van der Waals surface area (Å²) < 4.78 is 105. The molecule has 0 radical (unpaired) electrons. The van der Waals surface area contributed by atoms with Crippen molar-refractivity contribution in [1.82, 2.24) is 0 Å². The molecule has 0 amide bonds. The number of anilines is 1. The van der Waals surface area contributed by atoms with E-state index in [1.165, 1.54) is 6.92 Å². The summed E-state index contributed by atoms with van der Waals surface area (Å²) in [6.07, 6.45) is -15.3. The molecule has 0 aliphatic carbocycles. The Labute approximate surface area is 120 Å². The number of nitrogens with one attached hydrogen (secondary N) is 1. The fourth-order valence-electron chi connectivity index (χ4n) is 1.56. The van der Waals surface area contributed by atoms with Gasteiger partial charge in [-0.15, -0.1) is 0 Å². The van der Waals surface area contributed by atoms with Crippen molar-refractivity contribution in [3.05, 3.63) is 29.3 Å². The SMILES string of the molecule is CCOC(Nc1cc(C(F)(F)F)cc(C(F)(F)F)c1)C(F)F. The second kappa shape index (κ2) is 6.67. The molecule has 0 spiro atoms. The van der Waals surface area contributed by atoms with Gasteiger partial charge in [-0.25, -0.2) is 8.78 Å². The first-order valence-electron chi connectivity index (χ1n) is 5.91. The number of benzene rings is 1. The number of alkyl halides is 8. The fraction of sp³-hybridized carbons (Fsp3) is 0.500. The monoisotopic (exact) mass is 337 g/mol. The van der Waals surface area contributed by atoms with Crippen molar-refractivity contribution in [2.75, 3.05) is 11.9 Å². The van der Waals surface area contributed by atoms with Gasteiger partial charge >= 0.3 is 12.4 Å². The van der Waals surface area contributed by atoms with Crippen LogP contribution in [0.15, 0.2) is 18.2 Å². The molecule has 10 heteroatoms. The summed E-state index contributed by atoms with van der Waals surface area (Å²) >= 11 is 0.